The van der Waals surface area contributed by atoms with Gasteiger partial charge in [-0.15, -0.1) is 13.2 Å². The molecule has 2 aromatic rings. The highest BCUT2D eigenvalue weighted by molar-refractivity contribution is 7.07. The summed E-state index contributed by atoms with van der Waals surface area (Å²) in [6, 6.07) is 8.02. The van der Waals surface area contributed by atoms with Gasteiger partial charge in [-0.05, 0) is 53.6 Å². The third-order valence-electron chi connectivity index (χ3n) is 2.86. The fraction of sp³-hybridized carbons (Fsp3) is 0.286. The molecular weight excluding hydrogens is 287 g/mol. The highest BCUT2D eigenvalue weighted by atomic mass is 32.1. The van der Waals surface area contributed by atoms with Crippen LogP contribution in [-0.2, 0) is 6.42 Å². The van der Waals surface area contributed by atoms with E-state index < -0.39 is 6.36 Å². The maximum Gasteiger partial charge on any atom is 0.573 e. The molecule has 0 saturated carbocycles. The summed E-state index contributed by atoms with van der Waals surface area (Å²) >= 11 is 1.60. The summed E-state index contributed by atoms with van der Waals surface area (Å²) in [5, 5.41) is 7.12. The summed E-state index contributed by atoms with van der Waals surface area (Å²) in [7, 11) is 1.79. The van der Waals surface area contributed by atoms with Crippen molar-refractivity contribution in [2.24, 2.45) is 0 Å². The van der Waals surface area contributed by atoms with Crippen molar-refractivity contribution in [3.8, 4) is 5.75 Å². The second-order valence-corrected chi connectivity index (χ2v) is 5.08. The fourth-order valence-corrected chi connectivity index (χ4v) is 2.64. The number of nitrogens with one attached hydrogen (secondary N) is 1. The van der Waals surface area contributed by atoms with Crippen LogP contribution in [0.15, 0.2) is 41.1 Å². The number of thiophene rings is 1. The van der Waals surface area contributed by atoms with E-state index in [1.165, 1.54) is 12.1 Å². The summed E-state index contributed by atoms with van der Waals surface area (Å²) in [4.78, 5) is 0. The Hall–Kier alpha value is -1.53. The number of benzene rings is 1. The van der Waals surface area contributed by atoms with Crippen molar-refractivity contribution >= 4 is 11.3 Å². The number of hydrogen-bond acceptors (Lipinski definition) is 3. The number of likely N-dealkylation sites (N-methyl/N-ethyl adjacent to an activating group) is 1. The molecule has 20 heavy (non-hydrogen) atoms. The monoisotopic (exact) mass is 301 g/mol. The van der Waals surface area contributed by atoms with Crippen molar-refractivity contribution in [2.45, 2.75) is 18.8 Å². The van der Waals surface area contributed by atoms with E-state index >= 15 is 0 Å². The average Bonchev–Trinajstić information content (AvgIpc) is 2.87. The second-order valence-electron chi connectivity index (χ2n) is 4.30. The molecule has 0 amide bonds. The molecule has 0 bridgehead atoms. The van der Waals surface area contributed by atoms with Gasteiger partial charge in [0.05, 0.1) is 0 Å². The molecule has 1 atom stereocenters. The Morgan fingerprint density at radius 1 is 1.30 bits per heavy atom. The smallest absolute Gasteiger partial charge is 0.406 e. The Balaban J connectivity index is 2.15. The second kappa shape index (κ2) is 6.28. The molecule has 0 radical (unpaired) electrons. The highest BCUT2D eigenvalue weighted by Gasteiger charge is 2.31. The third kappa shape index (κ3) is 4.25. The van der Waals surface area contributed by atoms with Crippen LogP contribution in [0.25, 0.3) is 0 Å². The standard InChI is InChI=1S/C14H14F3NOS/c1-18-13(7-10-5-6-20-9-10)11-3-2-4-12(8-11)19-14(15,16)17/h2-6,8-9,13,18H,7H2,1H3. The molecule has 6 heteroatoms. The van der Waals surface area contributed by atoms with Crippen LogP contribution in [-0.4, -0.2) is 13.4 Å². The number of alkyl halides is 3. The molecule has 1 aromatic heterocycles. The first kappa shape index (κ1) is 14.9. The molecule has 2 rings (SSSR count). The zero-order valence-electron chi connectivity index (χ0n) is 10.8. The van der Waals surface area contributed by atoms with Crippen LogP contribution >= 0.6 is 11.3 Å². The lowest BCUT2D eigenvalue weighted by Crippen LogP contribution is -2.20. The first-order valence-electron chi connectivity index (χ1n) is 6.02. The lowest BCUT2D eigenvalue weighted by Gasteiger charge is -2.17. The number of halogens is 3. The van der Waals surface area contributed by atoms with Crippen LogP contribution in [0.2, 0.25) is 0 Å². The van der Waals surface area contributed by atoms with Gasteiger partial charge in [0.25, 0.3) is 0 Å². The Kier molecular flexibility index (Phi) is 4.67. The minimum absolute atomic E-state index is 0.0543. The third-order valence-corrected chi connectivity index (χ3v) is 3.59. The van der Waals surface area contributed by atoms with Crippen LogP contribution in [0, 0.1) is 0 Å². The Morgan fingerprint density at radius 2 is 2.10 bits per heavy atom. The average molecular weight is 301 g/mol. The van der Waals surface area contributed by atoms with Gasteiger partial charge in [-0.3, -0.25) is 0 Å². The molecule has 1 N–H and O–H groups in total. The van der Waals surface area contributed by atoms with Gasteiger partial charge in [0.2, 0.25) is 0 Å². The SMILES string of the molecule is CNC(Cc1ccsc1)c1cccc(OC(F)(F)F)c1. The number of hydrogen-bond donors (Lipinski definition) is 1. The predicted octanol–water partition coefficient (Wildman–Crippen LogP) is 4.15. The van der Waals surface area contributed by atoms with Crippen molar-refractivity contribution in [1.82, 2.24) is 5.32 Å². The molecule has 0 aliphatic rings. The fourth-order valence-electron chi connectivity index (χ4n) is 1.96. The van der Waals surface area contributed by atoms with Crippen molar-refractivity contribution in [1.29, 1.82) is 0 Å². The van der Waals surface area contributed by atoms with Crippen LogP contribution in [0.3, 0.4) is 0 Å². The summed E-state index contributed by atoms with van der Waals surface area (Å²) in [6.45, 7) is 0. The molecule has 0 spiro atoms. The Bertz CT molecular complexity index is 540. The largest absolute Gasteiger partial charge is 0.573 e. The summed E-state index contributed by atoms with van der Waals surface area (Å²) in [5.74, 6) is -0.194. The van der Waals surface area contributed by atoms with E-state index in [1.807, 2.05) is 16.8 Å². The molecule has 0 fully saturated rings. The van der Waals surface area contributed by atoms with Gasteiger partial charge >= 0.3 is 6.36 Å². The van der Waals surface area contributed by atoms with Crippen molar-refractivity contribution in [2.75, 3.05) is 7.05 Å². The number of rotatable bonds is 5. The topological polar surface area (TPSA) is 21.3 Å². The van der Waals surface area contributed by atoms with Crippen LogP contribution < -0.4 is 10.1 Å². The van der Waals surface area contributed by atoms with Gasteiger partial charge in [-0.25, -0.2) is 0 Å². The van der Waals surface area contributed by atoms with Gasteiger partial charge in [-0.1, -0.05) is 12.1 Å². The molecule has 1 unspecified atom stereocenters. The normalized spacial score (nSPS) is 13.2. The predicted molar refractivity (Wildman–Crippen MR) is 72.9 cm³/mol. The van der Waals surface area contributed by atoms with E-state index in [2.05, 4.69) is 10.1 Å². The Morgan fingerprint density at radius 3 is 2.70 bits per heavy atom. The maximum absolute atomic E-state index is 12.2. The molecule has 1 heterocycles. The van der Waals surface area contributed by atoms with Crippen LogP contribution in [0.1, 0.15) is 17.2 Å². The quantitative estimate of drug-likeness (QED) is 0.896. The first-order chi connectivity index (χ1) is 9.48. The zero-order chi connectivity index (χ0) is 14.6. The van der Waals surface area contributed by atoms with E-state index in [0.29, 0.717) is 0 Å². The van der Waals surface area contributed by atoms with Crippen LogP contribution in [0.4, 0.5) is 13.2 Å². The maximum atomic E-state index is 12.2. The van der Waals surface area contributed by atoms with Gasteiger partial charge in [-0.2, -0.15) is 11.3 Å². The van der Waals surface area contributed by atoms with Gasteiger partial charge in [0, 0.05) is 6.04 Å². The molecule has 1 aromatic carbocycles. The molecule has 108 valence electrons. The molecular formula is C14H14F3NOS. The molecule has 0 aliphatic carbocycles. The lowest BCUT2D eigenvalue weighted by atomic mass is 10.0. The minimum Gasteiger partial charge on any atom is -0.406 e. The number of ether oxygens (including phenoxy) is 1. The van der Waals surface area contributed by atoms with E-state index in [0.717, 1.165) is 17.5 Å². The summed E-state index contributed by atoms with van der Waals surface area (Å²) in [6.07, 6.45) is -3.95. The van der Waals surface area contributed by atoms with Crippen LogP contribution in [0.5, 0.6) is 5.75 Å². The highest BCUT2D eigenvalue weighted by Crippen LogP contribution is 2.27. The molecule has 0 saturated heterocycles. The van der Waals surface area contributed by atoms with E-state index in [9.17, 15) is 13.2 Å². The first-order valence-corrected chi connectivity index (χ1v) is 6.96. The summed E-state index contributed by atoms with van der Waals surface area (Å²) in [5.41, 5.74) is 1.91. The summed E-state index contributed by atoms with van der Waals surface area (Å²) < 4.78 is 40.6. The molecule has 2 nitrogen and oxygen atoms in total. The van der Waals surface area contributed by atoms with Gasteiger partial charge in [0.1, 0.15) is 5.75 Å². The van der Waals surface area contributed by atoms with E-state index in [1.54, 1.807) is 30.5 Å². The molecule has 0 aliphatic heterocycles. The van der Waals surface area contributed by atoms with Crippen molar-refractivity contribution in [3.05, 3.63) is 52.2 Å². The van der Waals surface area contributed by atoms with Gasteiger partial charge in [0.15, 0.2) is 0 Å². The van der Waals surface area contributed by atoms with Crippen molar-refractivity contribution < 1.29 is 17.9 Å². The van der Waals surface area contributed by atoms with E-state index in [4.69, 9.17) is 0 Å². The minimum atomic E-state index is -4.67. The Labute approximate surface area is 119 Å². The van der Waals surface area contributed by atoms with Crippen molar-refractivity contribution in [3.63, 3.8) is 0 Å². The zero-order valence-corrected chi connectivity index (χ0v) is 11.6. The lowest BCUT2D eigenvalue weighted by molar-refractivity contribution is -0.274. The van der Waals surface area contributed by atoms with E-state index in [-0.39, 0.29) is 11.8 Å². The van der Waals surface area contributed by atoms with Gasteiger partial charge < -0.3 is 10.1 Å².